The summed E-state index contributed by atoms with van der Waals surface area (Å²) in [7, 11) is 0. The number of nitrogens with zero attached hydrogens (tertiary/aromatic N) is 2. The van der Waals surface area contributed by atoms with Gasteiger partial charge in [0.1, 0.15) is 0 Å². The molecule has 0 aliphatic carbocycles. The van der Waals surface area contributed by atoms with Crippen molar-refractivity contribution in [3.8, 4) is 0 Å². The van der Waals surface area contributed by atoms with Crippen LogP contribution in [0.4, 0.5) is 5.69 Å². The average molecular weight is 281 g/mol. The minimum atomic E-state index is -0.381. The monoisotopic (exact) mass is 280 g/mol. The van der Waals surface area contributed by atoms with Crippen molar-refractivity contribution in [2.24, 2.45) is 0 Å². The van der Waals surface area contributed by atoms with Crippen molar-refractivity contribution in [2.45, 2.75) is 6.42 Å². The first kappa shape index (κ1) is 11.0. The molecule has 1 heterocycles. The molecule has 0 aliphatic heterocycles. The molecule has 4 nitrogen and oxygen atoms in total. The van der Waals surface area contributed by atoms with Crippen LogP contribution in [0.15, 0.2) is 30.3 Å². The van der Waals surface area contributed by atoms with Gasteiger partial charge in [-0.3, -0.25) is 15.1 Å². The number of hydrogen-bond donors (Lipinski definition) is 0. The lowest BCUT2D eigenvalue weighted by molar-refractivity contribution is -0.383. The summed E-state index contributed by atoms with van der Waals surface area (Å²) >= 11 is 3.34. The molecule has 0 amide bonds. The van der Waals surface area contributed by atoms with Gasteiger partial charge in [0.05, 0.1) is 15.8 Å². The van der Waals surface area contributed by atoms with Crippen molar-refractivity contribution in [1.29, 1.82) is 0 Å². The van der Waals surface area contributed by atoms with Gasteiger partial charge in [0.2, 0.25) is 0 Å². The predicted molar refractivity (Wildman–Crippen MR) is 65.9 cm³/mol. The summed E-state index contributed by atoms with van der Waals surface area (Å²) in [5, 5.41) is 12.2. The van der Waals surface area contributed by atoms with Gasteiger partial charge in [0, 0.05) is 17.1 Å². The van der Waals surface area contributed by atoms with Gasteiger partial charge in [-0.25, -0.2) is 0 Å². The third-order valence-electron chi connectivity index (χ3n) is 2.31. The van der Waals surface area contributed by atoms with Gasteiger partial charge in [0.15, 0.2) is 0 Å². The van der Waals surface area contributed by atoms with Crippen LogP contribution >= 0.6 is 15.9 Å². The van der Waals surface area contributed by atoms with Gasteiger partial charge in [-0.05, 0) is 24.6 Å². The number of aromatic nitrogens is 1. The van der Waals surface area contributed by atoms with Crippen molar-refractivity contribution < 1.29 is 4.92 Å². The van der Waals surface area contributed by atoms with Crippen LogP contribution in [0.5, 0.6) is 0 Å². The van der Waals surface area contributed by atoms with E-state index in [-0.39, 0.29) is 10.6 Å². The number of alkyl halides is 1. The standard InChI is InChI=1S/C11H9BrN2O2/c12-7-6-8-4-5-9-10(13-8)2-1-3-11(9)14(15)16/h1-5H,6-7H2. The molecule has 1 aromatic carbocycles. The fourth-order valence-corrected chi connectivity index (χ4v) is 1.98. The summed E-state index contributed by atoms with van der Waals surface area (Å²) in [5.41, 5.74) is 1.72. The Morgan fingerprint density at radius 3 is 2.81 bits per heavy atom. The molecule has 2 aromatic rings. The maximum absolute atomic E-state index is 10.8. The topological polar surface area (TPSA) is 56.0 Å². The Bertz CT molecular complexity index is 542. The minimum Gasteiger partial charge on any atom is -0.258 e. The molecule has 2 rings (SSSR count). The van der Waals surface area contributed by atoms with E-state index >= 15 is 0 Å². The van der Waals surface area contributed by atoms with Gasteiger partial charge in [-0.15, -0.1) is 0 Å². The van der Waals surface area contributed by atoms with E-state index in [0.717, 1.165) is 17.4 Å². The lowest BCUT2D eigenvalue weighted by Crippen LogP contribution is -1.94. The third kappa shape index (κ3) is 2.04. The second-order valence-corrected chi connectivity index (χ2v) is 4.14. The lowest BCUT2D eigenvalue weighted by atomic mass is 10.1. The van der Waals surface area contributed by atoms with Crippen molar-refractivity contribution >= 4 is 32.5 Å². The van der Waals surface area contributed by atoms with Gasteiger partial charge >= 0.3 is 0 Å². The molecule has 5 heteroatoms. The molecule has 0 bridgehead atoms. The van der Waals surface area contributed by atoms with E-state index in [1.54, 1.807) is 18.2 Å². The number of fused-ring (bicyclic) bond motifs is 1. The van der Waals surface area contributed by atoms with Crippen LogP contribution in [0.25, 0.3) is 10.9 Å². The Balaban J connectivity index is 2.59. The highest BCUT2D eigenvalue weighted by Crippen LogP contribution is 2.24. The second-order valence-electron chi connectivity index (χ2n) is 3.34. The number of non-ortho nitro benzene ring substituents is 1. The van der Waals surface area contributed by atoms with E-state index in [9.17, 15) is 10.1 Å². The number of pyridine rings is 1. The van der Waals surface area contributed by atoms with Gasteiger partial charge in [-0.2, -0.15) is 0 Å². The quantitative estimate of drug-likeness (QED) is 0.493. The SMILES string of the molecule is O=[N+]([O-])c1cccc2nc(CCBr)ccc12. The van der Waals surface area contributed by atoms with Crippen LogP contribution in [-0.2, 0) is 6.42 Å². The zero-order valence-corrected chi connectivity index (χ0v) is 9.98. The van der Waals surface area contributed by atoms with Crippen molar-refractivity contribution in [3.05, 3.63) is 46.1 Å². The lowest BCUT2D eigenvalue weighted by Gasteiger charge is -2.01. The summed E-state index contributed by atoms with van der Waals surface area (Å²) in [6.07, 6.45) is 0.818. The first-order valence-electron chi connectivity index (χ1n) is 4.81. The number of hydrogen-bond acceptors (Lipinski definition) is 3. The molecule has 82 valence electrons. The van der Waals surface area contributed by atoms with E-state index in [4.69, 9.17) is 0 Å². The summed E-state index contributed by atoms with van der Waals surface area (Å²) in [4.78, 5) is 14.8. The fraction of sp³-hybridized carbons (Fsp3) is 0.182. The Kier molecular flexibility index (Phi) is 3.14. The number of aryl methyl sites for hydroxylation is 1. The first-order valence-corrected chi connectivity index (χ1v) is 5.93. The Morgan fingerprint density at radius 2 is 2.12 bits per heavy atom. The number of halogens is 1. The Hall–Kier alpha value is -1.49. The van der Waals surface area contributed by atoms with Gasteiger partial charge in [-0.1, -0.05) is 22.0 Å². The Morgan fingerprint density at radius 1 is 1.31 bits per heavy atom. The molecule has 0 radical (unpaired) electrons. The predicted octanol–water partition coefficient (Wildman–Crippen LogP) is 3.08. The largest absolute Gasteiger partial charge is 0.278 e. The summed E-state index contributed by atoms with van der Waals surface area (Å²) < 4.78 is 0. The first-order chi connectivity index (χ1) is 7.72. The summed E-state index contributed by atoms with van der Waals surface area (Å²) in [5.74, 6) is 0. The van der Waals surface area contributed by atoms with E-state index in [0.29, 0.717) is 10.9 Å². The van der Waals surface area contributed by atoms with Crippen molar-refractivity contribution in [2.75, 3.05) is 5.33 Å². The molecule has 0 N–H and O–H groups in total. The highest BCUT2D eigenvalue weighted by atomic mass is 79.9. The average Bonchev–Trinajstić information content (AvgIpc) is 2.28. The Labute approximate surface area is 101 Å². The van der Waals surface area contributed by atoms with E-state index in [1.807, 2.05) is 6.07 Å². The maximum Gasteiger partial charge on any atom is 0.278 e. The molecule has 0 fully saturated rings. The maximum atomic E-state index is 10.8. The van der Waals surface area contributed by atoms with Crippen LogP contribution in [0, 0.1) is 10.1 Å². The third-order valence-corrected chi connectivity index (χ3v) is 2.71. The van der Waals surface area contributed by atoms with E-state index in [2.05, 4.69) is 20.9 Å². The smallest absolute Gasteiger partial charge is 0.258 e. The van der Waals surface area contributed by atoms with Crippen LogP contribution in [0.1, 0.15) is 5.69 Å². The molecule has 0 saturated heterocycles. The van der Waals surface area contributed by atoms with Gasteiger partial charge < -0.3 is 0 Å². The number of rotatable bonds is 3. The molecular formula is C11H9BrN2O2. The van der Waals surface area contributed by atoms with Crippen LogP contribution in [0.2, 0.25) is 0 Å². The zero-order valence-electron chi connectivity index (χ0n) is 8.39. The zero-order chi connectivity index (χ0) is 11.5. The van der Waals surface area contributed by atoms with Crippen LogP contribution < -0.4 is 0 Å². The number of nitro groups is 1. The number of nitro benzene ring substituents is 1. The van der Waals surface area contributed by atoms with Crippen LogP contribution in [0.3, 0.4) is 0 Å². The van der Waals surface area contributed by atoms with Gasteiger partial charge in [0.25, 0.3) is 5.69 Å². The second kappa shape index (κ2) is 4.57. The normalized spacial score (nSPS) is 10.6. The molecule has 0 saturated carbocycles. The highest BCUT2D eigenvalue weighted by Gasteiger charge is 2.11. The summed E-state index contributed by atoms with van der Waals surface area (Å²) in [6, 6.07) is 8.54. The molecule has 0 unspecified atom stereocenters. The molecule has 16 heavy (non-hydrogen) atoms. The molecular weight excluding hydrogens is 272 g/mol. The van der Waals surface area contributed by atoms with E-state index in [1.165, 1.54) is 6.07 Å². The molecule has 0 spiro atoms. The van der Waals surface area contributed by atoms with Crippen LogP contribution in [-0.4, -0.2) is 15.2 Å². The molecule has 0 aliphatic rings. The number of benzene rings is 1. The fourth-order valence-electron chi connectivity index (χ4n) is 1.58. The van der Waals surface area contributed by atoms with Crippen molar-refractivity contribution in [3.63, 3.8) is 0 Å². The summed E-state index contributed by atoms with van der Waals surface area (Å²) in [6.45, 7) is 0. The van der Waals surface area contributed by atoms with E-state index < -0.39 is 0 Å². The van der Waals surface area contributed by atoms with Crippen molar-refractivity contribution in [1.82, 2.24) is 4.98 Å². The minimum absolute atomic E-state index is 0.107. The molecule has 0 atom stereocenters. The highest BCUT2D eigenvalue weighted by molar-refractivity contribution is 9.09. The molecule has 1 aromatic heterocycles.